The number of piperazine rings is 1. The molecule has 222 valence electrons. The third-order valence-electron chi connectivity index (χ3n) is 5.81. The monoisotopic (exact) mass is 589 g/mol. The van der Waals surface area contributed by atoms with Crippen LogP contribution in [0.2, 0.25) is 0 Å². The van der Waals surface area contributed by atoms with E-state index >= 15 is 0 Å². The highest BCUT2D eigenvalue weighted by Crippen LogP contribution is 2.36. The number of anilines is 1. The van der Waals surface area contributed by atoms with Gasteiger partial charge in [-0.2, -0.15) is 31.3 Å². The highest BCUT2D eigenvalue weighted by Gasteiger charge is 2.36. The minimum Gasteiger partial charge on any atom is -0.477 e. The van der Waals surface area contributed by atoms with Crippen LogP contribution in [-0.2, 0) is 18.9 Å². The third kappa shape index (κ3) is 9.01. The fraction of sp³-hybridized carbons (Fsp3) is 0.346. The number of alkyl halides is 6. The minimum atomic E-state index is -4.79. The van der Waals surface area contributed by atoms with Crippen LogP contribution in [0.4, 0.5) is 36.7 Å². The molecule has 1 aliphatic heterocycles. The van der Waals surface area contributed by atoms with E-state index in [0.29, 0.717) is 23.8 Å². The summed E-state index contributed by atoms with van der Waals surface area (Å²) in [6.07, 6.45) is -8.34. The van der Waals surface area contributed by atoms with Crippen LogP contribution in [0.5, 0.6) is 11.6 Å². The van der Waals surface area contributed by atoms with Gasteiger partial charge in [0, 0.05) is 32.7 Å². The van der Waals surface area contributed by atoms with Crippen LogP contribution in [0.25, 0.3) is 0 Å². The number of nitrogens with one attached hydrogen (secondary N) is 1. The molecule has 0 bridgehead atoms. The lowest BCUT2D eigenvalue weighted by atomic mass is 10.0. The van der Waals surface area contributed by atoms with Gasteiger partial charge < -0.3 is 25.0 Å². The van der Waals surface area contributed by atoms with E-state index in [1.54, 1.807) is 0 Å². The average Bonchev–Trinajstić information content (AvgIpc) is 2.90. The number of hydrogen-bond acceptors (Lipinski definition) is 7. The summed E-state index contributed by atoms with van der Waals surface area (Å²) in [7, 11) is 3.47. The summed E-state index contributed by atoms with van der Waals surface area (Å²) in [6, 6.07) is 6.81. The number of halogens is 7. The third-order valence-corrected chi connectivity index (χ3v) is 5.81. The van der Waals surface area contributed by atoms with Gasteiger partial charge in [0.2, 0.25) is 11.8 Å². The number of aromatic nitrogens is 2. The summed E-state index contributed by atoms with van der Waals surface area (Å²) in [6.45, 7) is 3.18. The number of aromatic carboxylic acids is 1. The first-order valence-electron chi connectivity index (χ1n) is 12.1. The summed E-state index contributed by atoms with van der Waals surface area (Å²) >= 11 is 0. The predicted molar refractivity (Wildman–Crippen MR) is 134 cm³/mol. The number of carboxylic acid groups (broad SMARTS) is 1. The molecule has 0 atom stereocenters. The van der Waals surface area contributed by atoms with E-state index in [1.807, 2.05) is 11.9 Å². The van der Waals surface area contributed by atoms with Crippen LogP contribution in [0.3, 0.4) is 0 Å². The van der Waals surface area contributed by atoms with Crippen LogP contribution in [-0.4, -0.2) is 66.2 Å². The lowest BCUT2D eigenvalue weighted by molar-refractivity contribution is -0.143. The molecule has 1 aliphatic rings. The van der Waals surface area contributed by atoms with Crippen molar-refractivity contribution < 1.29 is 45.4 Å². The SMILES string of the molecule is CN1CCN(c2ncc(C(=O)O)c(Oc3ccc(F)cc3)n2)CC1.CNCc1cc(C(F)(F)F)cc(C(F)(F)F)c1. The molecule has 2 N–H and O–H groups in total. The summed E-state index contributed by atoms with van der Waals surface area (Å²) in [4.78, 5) is 23.9. The van der Waals surface area contributed by atoms with E-state index < -0.39 is 35.3 Å². The number of rotatable bonds is 6. The van der Waals surface area contributed by atoms with Crippen molar-refractivity contribution >= 4 is 11.9 Å². The number of nitrogens with zero attached hydrogens (tertiary/aromatic N) is 4. The van der Waals surface area contributed by atoms with Crippen LogP contribution < -0.4 is 15.0 Å². The first kappa shape index (κ1) is 31.5. The second-order valence-electron chi connectivity index (χ2n) is 8.98. The molecule has 2 aromatic carbocycles. The molecule has 3 aromatic rings. The fourth-order valence-electron chi connectivity index (χ4n) is 3.68. The average molecular weight is 590 g/mol. The molecule has 0 radical (unpaired) electrons. The molecule has 0 spiro atoms. The van der Waals surface area contributed by atoms with E-state index in [4.69, 9.17) is 4.74 Å². The zero-order valence-electron chi connectivity index (χ0n) is 21.9. The van der Waals surface area contributed by atoms with Crippen molar-refractivity contribution in [1.29, 1.82) is 0 Å². The second-order valence-corrected chi connectivity index (χ2v) is 8.98. The first-order chi connectivity index (χ1) is 19.2. The van der Waals surface area contributed by atoms with Gasteiger partial charge in [-0.3, -0.25) is 0 Å². The van der Waals surface area contributed by atoms with Gasteiger partial charge in [0.1, 0.15) is 17.1 Å². The van der Waals surface area contributed by atoms with Crippen molar-refractivity contribution in [3.05, 3.63) is 76.7 Å². The molecule has 4 rings (SSSR count). The molecule has 15 heteroatoms. The minimum absolute atomic E-state index is 0.0574. The molecule has 1 saturated heterocycles. The number of likely N-dealkylation sites (N-methyl/N-ethyl adjacent to an activating group) is 1. The van der Waals surface area contributed by atoms with Gasteiger partial charge in [0.15, 0.2) is 0 Å². The van der Waals surface area contributed by atoms with Gasteiger partial charge in [0.25, 0.3) is 0 Å². The number of benzene rings is 2. The Morgan fingerprint density at radius 1 is 0.976 bits per heavy atom. The van der Waals surface area contributed by atoms with Gasteiger partial charge in [-0.1, -0.05) is 0 Å². The normalized spacial score (nSPS) is 14.3. The number of ether oxygens (including phenoxy) is 1. The smallest absolute Gasteiger partial charge is 0.416 e. The maximum absolute atomic E-state index is 13.0. The fourth-order valence-corrected chi connectivity index (χ4v) is 3.68. The number of carboxylic acids is 1. The lowest BCUT2D eigenvalue weighted by Gasteiger charge is -2.32. The molecule has 8 nitrogen and oxygen atoms in total. The van der Waals surface area contributed by atoms with Crippen molar-refractivity contribution in [3.8, 4) is 11.6 Å². The van der Waals surface area contributed by atoms with Gasteiger partial charge in [-0.25, -0.2) is 14.2 Å². The number of carbonyl (C=O) groups is 1. The predicted octanol–water partition coefficient (Wildman–Crippen LogP) is 5.30. The molecular weight excluding hydrogens is 563 g/mol. The molecule has 0 aliphatic carbocycles. The van der Waals surface area contributed by atoms with Crippen molar-refractivity contribution in [2.24, 2.45) is 0 Å². The van der Waals surface area contributed by atoms with Gasteiger partial charge in [-0.15, -0.1) is 0 Å². The van der Waals surface area contributed by atoms with E-state index in [9.17, 15) is 40.6 Å². The van der Waals surface area contributed by atoms with Crippen LogP contribution >= 0.6 is 0 Å². The van der Waals surface area contributed by atoms with Crippen LogP contribution in [0.1, 0.15) is 27.0 Å². The molecule has 1 aromatic heterocycles. The Morgan fingerprint density at radius 2 is 1.54 bits per heavy atom. The second kappa shape index (κ2) is 13.1. The van der Waals surface area contributed by atoms with Crippen LogP contribution in [0.15, 0.2) is 48.7 Å². The molecule has 2 heterocycles. The summed E-state index contributed by atoms with van der Waals surface area (Å²) in [5.41, 5.74) is -2.79. The van der Waals surface area contributed by atoms with Crippen molar-refractivity contribution in [2.75, 3.05) is 45.2 Å². The van der Waals surface area contributed by atoms with E-state index in [0.717, 1.165) is 26.2 Å². The van der Waals surface area contributed by atoms with Crippen molar-refractivity contribution in [2.45, 2.75) is 18.9 Å². The standard InChI is InChI=1S/C16H17FN4O3.C10H9F6N/c1-20-6-8-21(9-7-20)16-18-10-13(15(22)23)14(19-16)24-12-4-2-11(17)3-5-12;1-17-5-6-2-7(9(11,12)13)4-8(3-6)10(14,15)16/h2-5,10H,6-9H2,1H3,(H,22,23);2-4,17H,5H2,1H3. The zero-order chi connectivity index (χ0) is 30.4. The van der Waals surface area contributed by atoms with Crippen molar-refractivity contribution in [1.82, 2.24) is 20.2 Å². The number of hydrogen-bond donors (Lipinski definition) is 2. The quantitative estimate of drug-likeness (QED) is 0.375. The lowest BCUT2D eigenvalue weighted by Crippen LogP contribution is -2.45. The topological polar surface area (TPSA) is 90.8 Å². The van der Waals surface area contributed by atoms with E-state index in [2.05, 4.69) is 20.2 Å². The van der Waals surface area contributed by atoms with Crippen molar-refractivity contribution in [3.63, 3.8) is 0 Å². The Kier molecular flexibility index (Phi) is 10.1. The molecule has 41 heavy (non-hydrogen) atoms. The first-order valence-corrected chi connectivity index (χ1v) is 12.1. The molecule has 0 amide bonds. The Hall–Kier alpha value is -3.98. The largest absolute Gasteiger partial charge is 0.477 e. The Morgan fingerprint density at radius 3 is 2.02 bits per heavy atom. The molecule has 0 unspecified atom stereocenters. The zero-order valence-corrected chi connectivity index (χ0v) is 21.9. The highest BCUT2D eigenvalue weighted by atomic mass is 19.4. The van der Waals surface area contributed by atoms with E-state index in [1.165, 1.54) is 37.5 Å². The molecule has 0 saturated carbocycles. The van der Waals surface area contributed by atoms with Gasteiger partial charge in [0.05, 0.1) is 17.3 Å². The maximum Gasteiger partial charge on any atom is 0.416 e. The Balaban J connectivity index is 0.000000241. The summed E-state index contributed by atoms with van der Waals surface area (Å²) < 4.78 is 92.9. The Bertz CT molecular complexity index is 1290. The summed E-state index contributed by atoms with van der Waals surface area (Å²) in [5, 5.41) is 11.8. The van der Waals surface area contributed by atoms with Gasteiger partial charge >= 0.3 is 18.3 Å². The highest BCUT2D eigenvalue weighted by molar-refractivity contribution is 5.90. The molecule has 1 fully saturated rings. The molecular formula is C26H26F7N5O3. The van der Waals surface area contributed by atoms with E-state index in [-0.39, 0.29) is 29.6 Å². The maximum atomic E-state index is 13.0. The Labute approximate surface area is 230 Å². The van der Waals surface area contributed by atoms with Crippen LogP contribution in [0, 0.1) is 5.82 Å². The van der Waals surface area contributed by atoms with Gasteiger partial charge in [-0.05, 0) is 62.1 Å². The summed E-state index contributed by atoms with van der Waals surface area (Å²) in [5.74, 6) is -0.913.